The third-order valence-electron chi connectivity index (χ3n) is 1.37. The van der Waals surface area contributed by atoms with Crippen LogP contribution in [0.4, 0.5) is 16.2 Å². The Morgan fingerprint density at radius 2 is 2.00 bits per heavy atom. The first kappa shape index (κ1) is 8.73. The third kappa shape index (κ3) is 1.62. The van der Waals surface area contributed by atoms with E-state index < -0.39 is 6.03 Å². The van der Waals surface area contributed by atoms with Crippen molar-refractivity contribution in [3.05, 3.63) is 24.3 Å². The average molecular weight is 183 g/mol. The molecule has 4 nitrogen and oxygen atoms in total. The number of hydrogen-bond donors (Lipinski definition) is 3. The van der Waals surface area contributed by atoms with Crippen LogP contribution >= 0.6 is 12.8 Å². The van der Waals surface area contributed by atoms with E-state index in [1.807, 2.05) is 0 Å². The van der Waals surface area contributed by atoms with E-state index >= 15 is 0 Å². The Morgan fingerprint density at radius 1 is 1.42 bits per heavy atom. The van der Waals surface area contributed by atoms with E-state index in [1.165, 1.54) is 0 Å². The Morgan fingerprint density at radius 3 is 2.50 bits per heavy atom. The van der Waals surface area contributed by atoms with Gasteiger partial charge in [0, 0.05) is 0 Å². The lowest BCUT2D eigenvalue weighted by molar-refractivity contribution is 0.257. The van der Waals surface area contributed by atoms with Crippen LogP contribution in [0, 0.1) is 0 Å². The summed E-state index contributed by atoms with van der Waals surface area (Å²) in [6, 6.07) is 6.18. The van der Waals surface area contributed by atoms with Gasteiger partial charge in [-0.1, -0.05) is 24.9 Å². The molecular weight excluding hydrogens is 174 g/mol. The number of primary amides is 1. The molecule has 0 spiro atoms. The first-order valence-corrected chi connectivity index (χ1v) is 3.66. The minimum absolute atomic E-state index is 0.464. The SMILES string of the molecule is NC(=O)N(S)c1ccccc1N. The summed E-state index contributed by atoms with van der Waals surface area (Å²) in [4.78, 5) is 10.7. The summed E-state index contributed by atoms with van der Waals surface area (Å²) in [5.41, 5.74) is 11.5. The summed E-state index contributed by atoms with van der Waals surface area (Å²) in [5, 5.41) is 0. The average Bonchev–Trinajstić information content (AvgIpc) is 2.04. The number of anilines is 2. The van der Waals surface area contributed by atoms with Crippen LogP contribution in [0.2, 0.25) is 0 Å². The molecule has 64 valence electrons. The zero-order chi connectivity index (χ0) is 9.14. The zero-order valence-corrected chi connectivity index (χ0v) is 7.16. The summed E-state index contributed by atoms with van der Waals surface area (Å²) in [6.07, 6.45) is 0. The lowest BCUT2D eigenvalue weighted by Gasteiger charge is -2.14. The number of nitrogen functional groups attached to an aromatic ring is 1. The van der Waals surface area contributed by atoms with Gasteiger partial charge in [0.05, 0.1) is 11.4 Å². The van der Waals surface area contributed by atoms with Crippen molar-refractivity contribution in [2.45, 2.75) is 0 Å². The molecule has 0 atom stereocenters. The molecule has 0 saturated carbocycles. The number of nitrogens with zero attached hydrogens (tertiary/aromatic N) is 1. The minimum Gasteiger partial charge on any atom is -0.397 e. The maximum absolute atomic E-state index is 10.7. The van der Waals surface area contributed by atoms with E-state index in [2.05, 4.69) is 12.8 Å². The van der Waals surface area contributed by atoms with E-state index in [9.17, 15) is 4.79 Å². The number of amides is 2. The van der Waals surface area contributed by atoms with Gasteiger partial charge in [-0.2, -0.15) is 0 Å². The number of rotatable bonds is 1. The number of nitrogens with two attached hydrogens (primary N) is 2. The number of hydrogen-bond acceptors (Lipinski definition) is 3. The lowest BCUT2D eigenvalue weighted by Crippen LogP contribution is -2.27. The normalized spacial score (nSPS) is 9.42. The highest BCUT2D eigenvalue weighted by atomic mass is 32.1. The van der Waals surface area contributed by atoms with Crippen molar-refractivity contribution in [1.29, 1.82) is 0 Å². The van der Waals surface area contributed by atoms with E-state index in [-0.39, 0.29) is 0 Å². The standard InChI is InChI=1S/C7H9N3OS/c8-5-3-1-2-4-6(5)10(12)7(9)11/h1-4,12H,8H2,(H2,9,11). The van der Waals surface area contributed by atoms with Gasteiger partial charge in [-0.15, -0.1) is 0 Å². The largest absolute Gasteiger partial charge is 0.397 e. The van der Waals surface area contributed by atoms with E-state index in [0.717, 1.165) is 4.31 Å². The minimum atomic E-state index is -0.656. The molecule has 1 rings (SSSR count). The van der Waals surface area contributed by atoms with Gasteiger partial charge < -0.3 is 11.5 Å². The number of carbonyl (C=O) groups is 1. The molecule has 0 saturated heterocycles. The fourth-order valence-electron chi connectivity index (χ4n) is 0.799. The predicted octanol–water partition coefficient (Wildman–Crippen LogP) is 0.999. The van der Waals surface area contributed by atoms with Crippen molar-refractivity contribution in [2.24, 2.45) is 5.73 Å². The van der Waals surface area contributed by atoms with Crippen molar-refractivity contribution < 1.29 is 4.79 Å². The number of benzene rings is 1. The molecule has 0 unspecified atom stereocenters. The number of thiol groups is 1. The van der Waals surface area contributed by atoms with Gasteiger partial charge in [0.1, 0.15) is 0 Å². The van der Waals surface area contributed by atoms with Crippen molar-refractivity contribution in [3.63, 3.8) is 0 Å². The Hall–Kier alpha value is -1.36. The van der Waals surface area contributed by atoms with E-state index in [1.54, 1.807) is 24.3 Å². The second-order valence-corrected chi connectivity index (χ2v) is 2.61. The first-order valence-electron chi connectivity index (χ1n) is 3.26. The quantitative estimate of drug-likeness (QED) is 0.449. The molecule has 0 aliphatic rings. The molecule has 0 fully saturated rings. The summed E-state index contributed by atoms with van der Waals surface area (Å²) in [7, 11) is 0. The monoisotopic (exact) mass is 183 g/mol. The molecule has 1 aromatic rings. The van der Waals surface area contributed by atoms with Crippen LogP contribution in [0.5, 0.6) is 0 Å². The van der Waals surface area contributed by atoms with Crippen molar-refractivity contribution >= 4 is 30.2 Å². The van der Waals surface area contributed by atoms with Crippen molar-refractivity contribution in [1.82, 2.24) is 0 Å². The second-order valence-electron chi connectivity index (χ2n) is 2.21. The molecule has 0 aromatic heterocycles. The van der Waals surface area contributed by atoms with E-state index in [4.69, 9.17) is 11.5 Å². The first-order chi connectivity index (χ1) is 5.63. The highest BCUT2D eigenvalue weighted by Gasteiger charge is 2.09. The van der Waals surface area contributed by atoms with Gasteiger partial charge in [-0.05, 0) is 12.1 Å². The summed E-state index contributed by atoms with van der Waals surface area (Å²) in [6.45, 7) is 0. The lowest BCUT2D eigenvalue weighted by atomic mass is 10.3. The van der Waals surface area contributed by atoms with Gasteiger partial charge in [0.25, 0.3) is 0 Å². The van der Waals surface area contributed by atoms with Gasteiger partial charge >= 0.3 is 6.03 Å². The molecule has 2 amide bonds. The fourth-order valence-corrected chi connectivity index (χ4v) is 0.981. The molecular formula is C7H9N3OS. The van der Waals surface area contributed by atoms with Crippen LogP contribution in [0.15, 0.2) is 24.3 Å². The predicted molar refractivity (Wildman–Crippen MR) is 51.9 cm³/mol. The molecule has 0 aliphatic heterocycles. The van der Waals surface area contributed by atoms with Gasteiger partial charge in [0.15, 0.2) is 0 Å². The fraction of sp³-hybridized carbons (Fsp3) is 0. The van der Waals surface area contributed by atoms with Crippen LogP contribution in [0.3, 0.4) is 0 Å². The molecule has 12 heavy (non-hydrogen) atoms. The number of para-hydroxylation sites is 2. The van der Waals surface area contributed by atoms with Crippen LogP contribution < -0.4 is 15.8 Å². The van der Waals surface area contributed by atoms with Crippen LogP contribution in [-0.2, 0) is 0 Å². The van der Waals surface area contributed by atoms with Crippen molar-refractivity contribution in [3.8, 4) is 0 Å². The Kier molecular flexibility index (Phi) is 2.44. The molecule has 0 bridgehead atoms. The maximum atomic E-state index is 10.7. The number of urea groups is 1. The molecule has 1 aromatic carbocycles. The zero-order valence-electron chi connectivity index (χ0n) is 6.27. The summed E-state index contributed by atoms with van der Waals surface area (Å²) < 4.78 is 0.995. The topological polar surface area (TPSA) is 72.4 Å². The van der Waals surface area contributed by atoms with Gasteiger partial charge in [-0.25, -0.2) is 9.10 Å². The Labute approximate surface area is 75.7 Å². The molecule has 5 heteroatoms. The smallest absolute Gasteiger partial charge is 0.329 e. The maximum Gasteiger partial charge on any atom is 0.329 e. The van der Waals surface area contributed by atoms with Gasteiger partial charge in [-0.3, -0.25) is 0 Å². The summed E-state index contributed by atoms with van der Waals surface area (Å²) >= 11 is 3.86. The summed E-state index contributed by atoms with van der Waals surface area (Å²) in [5.74, 6) is 0. The Balaban J connectivity index is 3.02. The van der Waals surface area contributed by atoms with Crippen LogP contribution in [0.25, 0.3) is 0 Å². The highest BCUT2D eigenvalue weighted by Crippen LogP contribution is 2.23. The highest BCUT2D eigenvalue weighted by molar-refractivity contribution is 7.82. The van der Waals surface area contributed by atoms with Crippen molar-refractivity contribution in [2.75, 3.05) is 10.0 Å². The molecule has 4 N–H and O–H groups in total. The number of carbonyl (C=O) groups excluding carboxylic acids is 1. The van der Waals surface area contributed by atoms with Crippen LogP contribution in [-0.4, -0.2) is 6.03 Å². The second kappa shape index (κ2) is 3.36. The molecule has 0 radical (unpaired) electrons. The molecule has 0 aliphatic carbocycles. The van der Waals surface area contributed by atoms with E-state index in [0.29, 0.717) is 11.4 Å². The van der Waals surface area contributed by atoms with Gasteiger partial charge in [0.2, 0.25) is 0 Å². The Bertz CT molecular complexity index is 302. The van der Waals surface area contributed by atoms with Crippen LogP contribution in [0.1, 0.15) is 0 Å². The molecule has 0 heterocycles. The third-order valence-corrected chi connectivity index (χ3v) is 1.79.